The lowest BCUT2D eigenvalue weighted by Crippen LogP contribution is -2.29. The molecule has 4 heteroatoms. The molecule has 2 fully saturated rings. The van der Waals surface area contributed by atoms with Crippen molar-refractivity contribution in [3.63, 3.8) is 0 Å². The Morgan fingerprint density at radius 3 is 2.40 bits per heavy atom. The van der Waals surface area contributed by atoms with Gasteiger partial charge in [-0.1, -0.05) is 25.0 Å². The molecule has 0 radical (unpaired) electrons. The first-order valence-electron chi connectivity index (χ1n) is 7.47. The number of hydrogen-bond donors (Lipinski definition) is 1. The third-order valence-corrected chi connectivity index (χ3v) is 4.60. The van der Waals surface area contributed by atoms with Crippen LogP contribution in [-0.4, -0.2) is 6.04 Å². The molecule has 3 rings (SSSR count). The number of alkyl halides is 3. The summed E-state index contributed by atoms with van der Waals surface area (Å²) in [6.45, 7) is 0. The number of para-hydroxylation sites is 1. The Bertz CT molecular complexity index is 465. The van der Waals surface area contributed by atoms with Gasteiger partial charge in [0.15, 0.2) is 0 Å². The minimum Gasteiger partial charge on any atom is -0.382 e. The van der Waals surface area contributed by atoms with E-state index in [0.29, 0.717) is 0 Å². The Morgan fingerprint density at radius 2 is 1.70 bits per heavy atom. The minimum absolute atomic E-state index is 0.192. The molecule has 0 bridgehead atoms. The van der Waals surface area contributed by atoms with Crippen LogP contribution >= 0.6 is 0 Å². The average molecular weight is 283 g/mol. The zero-order valence-corrected chi connectivity index (χ0v) is 11.4. The molecule has 2 saturated carbocycles. The maximum atomic E-state index is 13.0. The molecule has 2 aliphatic carbocycles. The molecule has 1 nitrogen and oxygen atoms in total. The molecule has 0 spiro atoms. The first-order chi connectivity index (χ1) is 9.54. The van der Waals surface area contributed by atoms with Crippen LogP contribution in [0.5, 0.6) is 0 Å². The summed E-state index contributed by atoms with van der Waals surface area (Å²) in [6, 6.07) is 6.01. The fourth-order valence-corrected chi connectivity index (χ4v) is 3.43. The SMILES string of the molecule is FC(F)(F)c1ccccc1NC1CCCC(C2CC2)C1. The second-order valence-electron chi connectivity index (χ2n) is 6.15. The molecule has 0 amide bonds. The maximum absolute atomic E-state index is 13.0. The number of nitrogens with one attached hydrogen (secondary N) is 1. The molecule has 20 heavy (non-hydrogen) atoms. The molecule has 2 atom stereocenters. The van der Waals surface area contributed by atoms with E-state index < -0.39 is 11.7 Å². The summed E-state index contributed by atoms with van der Waals surface area (Å²) in [5.41, 5.74) is -0.310. The lowest BCUT2D eigenvalue weighted by atomic mass is 9.82. The highest BCUT2D eigenvalue weighted by molar-refractivity contribution is 5.53. The topological polar surface area (TPSA) is 12.0 Å². The van der Waals surface area contributed by atoms with Gasteiger partial charge in [0, 0.05) is 11.7 Å². The van der Waals surface area contributed by atoms with Gasteiger partial charge < -0.3 is 5.32 Å². The van der Waals surface area contributed by atoms with Gasteiger partial charge in [0.2, 0.25) is 0 Å². The Morgan fingerprint density at radius 1 is 0.950 bits per heavy atom. The van der Waals surface area contributed by atoms with Gasteiger partial charge in [-0.3, -0.25) is 0 Å². The van der Waals surface area contributed by atoms with Crippen LogP contribution in [-0.2, 0) is 6.18 Å². The summed E-state index contributed by atoms with van der Waals surface area (Å²) in [7, 11) is 0. The Labute approximate surface area is 117 Å². The van der Waals surface area contributed by atoms with Crippen molar-refractivity contribution in [3.05, 3.63) is 29.8 Å². The van der Waals surface area contributed by atoms with Crippen LogP contribution in [0.3, 0.4) is 0 Å². The van der Waals surface area contributed by atoms with Gasteiger partial charge in [-0.2, -0.15) is 13.2 Å². The van der Waals surface area contributed by atoms with Crippen molar-refractivity contribution < 1.29 is 13.2 Å². The number of benzene rings is 1. The van der Waals surface area contributed by atoms with Gasteiger partial charge in [-0.15, -0.1) is 0 Å². The summed E-state index contributed by atoms with van der Waals surface area (Å²) in [5.74, 6) is 1.57. The van der Waals surface area contributed by atoms with Gasteiger partial charge in [0.25, 0.3) is 0 Å². The van der Waals surface area contributed by atoms with E-state index in [9.17, 15) is 13.2 Å². The van der Waals surface area contributed by atoms with Gasteiger partial charge in [0.05, 0.1) is 5.56 Å². The zero-order chi connectivity index (χ0) is 14.2. The standard InChI is InChI=1S/C16H20F3N/c17-16(18,19)14-6-1-2-7-15(14)20-13-5-3-4-12(10-13)11-8-9-11/h1-2,6-7,11-13,20H,3-5,8-10H2. The second-order valence-corrected chi connectivity index (χ2v) is 6.15. The molecular formula is C16H20F3N. The van der Waals surface area contributed by atoms with Crippen LogP contribution in [0.2, 0.25) is 0 Å². The fourth-order valence-electron chi connectivity index (χ4n) is 3.43. The number of rotatable bonds is 3. The number of hydrogen-bond acceptors (Lipinski definition) is 1. The summed E-state index contributed by atoms with van der Waals surface area (Å²) >= 11 is 0. The fraction of sp³-hybridized carbons (Fsp3) is 0.625. The van der Waals surface area contributed by atoms with Gasteiger partial charge in [-0.05, 0) is 49.7 Å². The molecule has 2 aliphatic rings. The van der Waals surface area contributed by atoms with E-state index in [0.717, 1.165) is 37.2 Å². The summed E-state index contributed by atoms with van der Waals surface area (Å²) in [4.78, 5) is 0. The Balaban J connectivity index is 1.71. The molecule has 2 unspecified atom stereocenters. The van der Waals surface area contributed by atoms with Crippen molar-refractivity contribution in [1.29, 1.82) is 0 Å². The minimum atomic E-state index is -4.28. The summed E-state index contributed by atoms with van der Waals surface area (Å²) in [6.07, 6.45) is 2.74. The van der Waals surface area contributed by atoms with E-state index in [4.69, 9.17) is 0 Å². The zero-order valence-electron chi connectivity index (χ0n) is 11.4. The predicted octanol–water partition coefficient (Wildman–Crippen LogP) is 5.09. The lowest BCUT2D eigenvalue weighted by Gasteiger charge is -2.31. The second kappa shape index (κ2) is 5.30. The van der Waals surface area contributed by atoms with Crippen molar-refractivity contribution in [3.8, 4) is 0 Å². The number of halogens is 3. The monoisotopic (exact) mass is 283 g/mol. The largest absolute Gasteiger partial charge is 0.418 e. The van der Waals surface area contributed by atoms with E-state index in [1.54, 1.807) is 12.1 Å². The van der Waals surface area contributed by atoms with Crippen molar-refractivity contribution in [2.75, 3.05) is 5.32 Å². The molecule has 0 aliphatic heterocycles. The van der Waals surface area contributed by atoms with E-state index in [2.05, 4.69) is 5.32 Å². The molecule has 0 heterocycles. The normalized spacial score (nSPS) is 27.4. The average Bonchev–Trinajstić information content (AvgIpc) is 3.23. The van der Waals surface area contributed by atoms with E-state index in [-0.39, 0.29) is 11.7 Å². The van der Waals surface area contributed by atoms with Crippen LogP contribution in [0.4, 0.5) is 18.9 Å². The highest BCUT2D eigenvalue weighted by Gasteiger charge is 2.36. The first-order valence-corrected chi connectivity index (χ1v) is 7.47. The van der Waals surface area contributed by atoms with E-state index in [1.807, 2.05) is 0 Å². The van der Waals surface area contributed by atoms with Crippen LogP contribution in [0.15, 0.2) is 24.3 Å². The highest BCUT2D eigenvalue weighted by atomic mass is 19.4. The highest BCUT2D eigenvalue weighted by Crippen LogP contribution is 2.44. The van der Waals surface area contributed by atoms with Crippen LogP contribution in [0, 0.1) is 11.8 Å². The van der Waals surface area contributed by atoms with Crippen LogP contribution in [0.25, 0.3) is 0 Å². The van der Waals surface area contributed by atoms with Crippen LogP contribution < -0.4 is 5.32 Å². The van der Waals surface area contributed by atoms with Crippen molar-refractivity contribution in [2.45, 2.75) is 50.7 Å². The lowest BCUT2D eigenvalue weighted by molar-refractivity contribution is -0.137. The Kier molecular flexibility index (Phi) is 3.65. The Hall–Kier alpha value is -1.19. The molecule has 1 N–H and O–H groups in total. The summed E-state index contributed by atoms with van der Waals surface area (Å²) in [5, 5.41) is 3.15. The van der Waals surface area contributed by atoms with Crippen LogP contribution in [0.1, 0.15) is 44.1 Å². The molecule has 0 saturated heterocycles. The molecule has 1 aromatic rings. The summed E-state index contributed by atoms with van der Waals surface area (Å²) < 4.78 is 38.9. The molecular weight excluding hydrogens is 263 g/mol. The third-order valence-electron chi connectivity index (χ3n) is 4.60. The number of anilines is 1. The molecule has 0 aromatic heterocycles. The van der Waals surface area contributed by atoms with Gasteiger partial charge in [0.1, 0.15) is 0 Å². The van der Waals surface area contributed by atoms with E-state index >= 15 is 0 Å². The first kappa shape index (κ1) is 13.8. The quantitative estimate of drug-likeness (QED) is 0.815. The third kappa shape index (κ3) is 3.10. The predicted molar refractivity (Wildman–Crippen MR) is 73.5 cm³/mol. The smallest absolute Gasteiger partial charge is 0.382 e. The van der Waals surface area contributed by atoms with Gasteiger partial charge >= 0.3 is 6.18 Å². The van der Waals surface area contributed by atoms with Gasteiger partial charge in [-0.25, -0.2) is 0 Å². The molecule has 110 valence electrons. The van der Waals surface area contributed by atoms with E-state index in [1.165, 1.54) is 25.3 Å². The van der Waals surface area contributed by atoms with Crippen molar-refractivity contribution in [2.24, 2.45) is 11.8 Å². The maximum Gasteiger partial charge on any atom is 0.418 e. The van der Waals surface area contributed by atoms with Crippen molar-refractivity contribution in [1.82, 2.24) is 0 Å². The van der Waals surface area contributed by atoms with Crippen molar-refractivity contribution >= 4 is 5.69 Å². The molecule has 1 aromatic carbocycles.